The van der Waals surface area contributed by atoms with Crippen molar-refractivity contribution in [3.05, 3.63) is 36.4 Å². The molecule has 0 fully saturated rings. The van der Waals surface area contributed by atoms with Crippen LogP contribution in [0.15, 0.2) is 46.7 Å². The van der Waals surface area contributed by atoms with Crippen molar-refractivity contribution in [1.82, 2.24) is 9.97 Å². The Balaban J connectivity index is 2.14. The predicted octanol–water partition coefficient (Wildman–Crippen LogP) is 3.73. The zero-order chi connectivity index (χ0) is 18.2. The van der Waals surface area contributed by atoms with Gasteiger partial charge in [-0.2, -0.15) is 15.1 Å². The highest BCUT2D eigenvalue weighted by Gasteiger charge is 2.17. The van der Waals surface area contributed by atoms with Crippen LogP contribution in [0.4, 0.5) is 5.69 Å². The summed E-state index contributed by atoms with van der Waals surface area (Å²) in [4.78, 5) is 8.76. The van der Waals surface area contributed by atoms with Crippen LogP contribution in [0.25, 0.3) is 0 Å². The molecule has 25 heavy (non-hydrogen) atoms. The minimum absolute atomic E-state index is 0.114. The third-order valence-corrected chi connectivity index (χ3v) is 4.82. The number of benzene rings is 1. The van der Waals surface area contributed by atoms with Crippen molar-refractivity contribution in [2.45, 2.75) is 24.3 Å². The van der Waals surface area contributed by atoms with E-state index in [1.54, 1.807) is 20.3 Å². The number of rotatable bonds is 8. The molecule has 1 aromatic carbocycles. The van der Waals surface area contributed by atoms with Crippen LogP contribution in [0, 0.1) is 5.92 Å². The second-order valence-electron chi connectivity index (χ2n) is 5.69. The van der Waals surface area contributed by atoms with E-state index in [0.717, 1.165) is 5.69 Å². The molecule has 0 radical (unpaired) electrons. The predicted molar refractivity (Wildman–Crippen MR) is 103 cm³/mol. The van der Waals surface area contributed by atoms with Gasteiger partial charge in [-0.05, 0) is 18.1 Å². The first-order valence-electron chi connectivity index (χ1n) is 8.00. The van der Waals surface area contributed by atoms with Gasteiger partial charge in [0.1, 0.15) is 0 Å². The number of anilines is 1. The Morgan fingerprint density at radius 2 is 1.68 bits per heavy atom. The first kappa shape index (κ1) is 19.1. The van der Waals surface area contributed by atoms with Crippen LogP contribution in [0.2, 0.25) is 0 Å². The smallest absolute Gasteiger partial charge is 0.220 e. The van der Waals surface area contributed by atoms with Gasteiger partial charge in [0, 0.05) is 13.3 Å². The lowest BCUT2D eigenvalue weighted by Crippen LogP contribution is -2.17. The Kier molecular flexibility index (Phi) is 7.06. The minimum atomic E-state index is 0.114. The maximum Gasteiger partial charge on any atom is 0.220 e. The third-order valence-electron chi connectivity index (χ3n) is 3.49. The quantitative estimate of drug-likeness (QED) is 0.309. The maximum absolute atomic E-state index is 5.21. The van der Waals surface area contributed by atoms with Crippen LogP contribution in [-0.2, 0) is 0 Å². The summed E-state index contributed by atoms with van der Waals surface area (Å²) in [5.74, 6) is 1.32. The van der Waals surface area contributed by atoms with Gasteiger partial charge in [-0.25, -0.2) is 0 Å². The number of ether oxygens (including phenoxy) is 2. The first-order valence-corrected chi connectivity index (χ1v) is 8.88. The SMILES string of the molecule is COc1cc(OC)nc(SC(/C=N/N(C)c2ccccc2)C(C)C)n1. The molecule has 0 N–H and O–H groups in total. The summed E-state index contributed by atoms with van der Waals surface area (Å²) in [7, 11) is 5.08. The summed E-state index contributed by atoms with van der Waals surface area (Å²) < 4.78 is 10.4. The van der Waals surface area contributed by atoms with E-state index in [4.69, 9.17) is 9.47 Å². The molecule has 0 spiro atoms. The Morgan fingerprint density at radius 1 is 1.08 bits per heavy atom. The molecule has 134 valence electrons. The van der Waals surface area contributed by atoms with Crippen molar-refractivity contribution in [3.8, 4) is 11.8 Å². The number of methoxy groups -OCH3 is 2. The monoisotopic (exact) mass is 360 g/mol. The molecule has 0 saturated carbocycles. The van der Waals surface area contributed by atoms with Crippen molar-refractivity contribution in [2.75, 3.05) is 26.3 Å². The molecule has 0 amide bonds. The van der Waals surface area contributed by atoms with Gasteiger partial charge in [0.25, 0.3) is 0 Å². The van der Waals surface area contributed by atoms with Crippen molar-refractivity contribution in [3.63, 3.8) is 0 Å². The highest BCUT2D eigenvalue weighted by atomic mass is 32.2. The summed E-state index contributed by atoms with van der Waals surface area (Å²) in [6.07, 6.45) is 1.93. The van der Waals surface area contributed by atoms with Gasteiger partial charge in [0.2, 0.25) is 11.8 Å². The molecule has 1 aromatic heterocycles. The number of thioether (sulfide) groups is 1. The Morgan fingerprint density at radius 3 is 2.20 bits per heavy atom. The number of hydrogen-bond acceptors (Lipinski definition) is 7. The van der Waals surface area contributed by atoms with Gasteiger partial charge in [-0.1, -0.05) is 43.8 Å². The average molecular weight is 360 g/mol. The van der Waals surface area contributed by atoms with Crippen LogP contribution in [0.1, 0.15) is 13.8 Å². The standard InChI is InChI=1S/C18H24N4O2S/c1-13(2)15(12-19-22(3)14-9-7-6-8-10-14)25-18-20-16(23-4)11-17(21-18)24-5/h6-13,15H,1-5H3/b19-12+. The topological polar surface area (TPSA) is 59.8 Å². The molecule has 7 heteroatoms. The van der Waals surface area contributed by atoms with E-state index >= 15 is 0 Å². The molecule has 0 aliphatic carbocycles. The summed E-state index contributed by atoms with van der Waals surface area (Å²) in [6, 6.07) is 11.7. The van der Waals surface area contributed by atoms with Gasteiger partial charge in [0.05, 0.1) is 31.2 Å². The Labute approximate surface area is 153 Å². The summed E-state index contributed by atoms with van der Waals surface area (Å²) in [5.41, 5.74) is 1.03. The van der Waals surface area contributed by atoms with Crippen LogP contribution < -0.4 is 14.5 Å². The maximum atomic E-state index is 5.21. The van der Waals surface area contributed by atoms with Crippen molar-refractivity contribution in [1.29, 1.82) is 0 Å². The first-order chi connectivity index (χ1) is 12.0. The molecule has 0 aliphatic rings. The summed E-state index contributed by atoms with van der Waals surface area (Å²) in [5, 5.41) is 7.13. The van der Waals surface area contributed by atoms with Crippen LogP contribution >= 0.6 is 11.8 Å². The number of hydrogen-bond donors (Lipinski definition) is 0. The van der Waals surface area contributed by atoms with E-state index in [2.05, 4.69) is 28.9 Å². The highest BCUT2D eigenvalue weighted by molar-refractivity contribution is 8.00. The van der Waals surface area contributed by atoms with Crippen LogP contribution in [0.5, 0.6) is 11.8 Å². The fourth-order valence-electron chi connectivity index (χ4n) is 1.98. The lowest BCUT2D eigenvalue weighted by molar-refractivity contribution is 0.364. The number of aromatic nitrogens is 2. The molecule has 1 unspecified atom stereocenters. The lowest BCUT2D eigenvalue weighted by Gasteiger charge is -2.18. The van der Waals surface area contributed by atoms with Crippen molar-refractivity contribution < 1.29 is 9.47 Å². The average Bonchev–Trinajstić information content (AvgIpc) is 2.64. The molecule has 1 heterocycles. The molecule has 0 aliphatic heterocycles. The van der Waals surface area contributed by atoms with Gasteiger partial charge < -0.3 is 9.47 Å². The second kappa shape index (κ2) is 9.27. The van der Waals surface area contributed by atoms with Gasteiger partial charge in [-0.3, -0.25) is 5.01 Å². The molecule has 1 atom stereocenters. The van der Waals surface area contributed by atoms with Gasteiger partial charge >= 0.3 is 0 Å². The van der Waals surface area contributed by atoms with E-state index < -0.39 is 0 Å². The van der Waals surface area contributed by atoms with E-state index in [9.17, 15) is 0 Å². The van der Waals surface area contributed by atoms with Gasteiger partial charge in [-0.15, -0.1) is 0 Å². The molecule has 0 bridgehead atoms. The van der Waals surface area contributed by atoms with Crippen LogP contribution in [-0.4, -0.2) is 42.7 Å². The van der Waals surface area contributed by atoms with Crippen molar-refractivity contribution >= 4 is 23.7 Å². The lowest BCUT2D eigenvalue weighted by atomic mass is 10.1. The zero-order valence-electron chi connectivity index (χ0n) is 15.2. The number of nitrogens with zero attached hydrogens (tertiary/aromatic N) is 4. The Hall–Kier alpha value is -2.28. The van der Waals surface area contributed by atoms with E-state index in [1.807, 2.05) is 48.6 Å². The summed E-state index contributed by atoms with van der Waals surface area (Å²) in [6.45, 7) is 4.28. The van der Waals surface area contributed by atoms with E-state index in [-0.39, 0.29) is 5.25 Å². The number of hydrazone groups is 1. The third kappa shape index (κ3) is 5.63. The molecular formula is C18H24N4O2S. The minimum Gasteiger partial charge on any atom is -0.481 e. The fraction of sp³-hybridized carbons (Fsp3) is 0.389. The zero-order valence-corrected chi connectivity index (χ0v) is 16.0. The Bertz CT molecular complexity index is 672. The second-order valence-corrected chi connectivity index (χ2v) is 6.83. The summed E-state index contributed by atoms with van der Waals surface area (Å²) >= 11 is 1.53. The molecule has 2 aromatic rings. The molecule has 2 rings (SSSR count). The van der Waals surface area contributed by atoms with Crippen LogP contribution in [0.3, 0.4) is 0 Å². The largest absolute Gasteiger partial charge is 0.481 e. The number of para-hydroxylation sites is 1. The van der Waals surface area contributed by atoms with E-state index in [1.165, 1.54) is 11.8 Å². The van der Waals surface area contributed by atoms with E-state index in [0.29, 0.717) is 22.8 Å². The van der Waals surface area contributed by atoms with Gasteiger partial charge in [0.15, 0.2) is 5.16 Å². The highest BCUT2D eigenvalue weighted by Crippen LogP contribution is 2.28. The molecular weight excluding hydrogens is 336 g/mol. The normalized spacial score (nSPS) is 12.4. The fourth-order valence-corrected chi connectivity index (χ4v) is 2.90. The molecule has 0 saturated heterocycles. The van der Waals surface area contributed by atoms with Crippen molar-refractivity contribution in [2.24, 2.45) is 11.0 Å². The molecule has 6 nitrogen and oxygen atoms in total.